The lowest BCUT2D eigenvalue weighted by Crippen LogP contribution is -2.17. The molecule has 0 saturated heterocycles. The summed E-state index contributed by atoms with van der Waals surface area (Å²) in [6, 6.07) is 3.07. The topological polar surface area (TPSA) is 65.0 Å². The Morgan fingerprint density at radius 2 is 2.00 bits per heavy atom. The molecule has 1 rings (SSSR count). The molecule has 0 spiro atoms. The highest BCUT2D eigenvalue weighted by molar-refractivity contribution is 5.68. The maximum atomic E-state index is 12.0. The zero-order valence-corrected chi connectivity index (χ0v) is 9.15. The van der Waals surface area contributed by atoms with Gasteiger partial charge < -0.3 is 19.3 Å². The quantitative estimate of drug-likeness (QED) is 0.883. The molecule has 0 aliphatic carbocycles. The second-order valence-electron chi connectivity index (χ2n) is 3.04. The van der Waals surface area contributed by atoms with E-state index < -0.39 is 24.7 Å². The number of alkyl halides is 3. The van der Waals surface area contributed by atoms with Crippen molar-refractivity contribution < 1.29 is 37.3 Å². The van der Waals surface area contributed by atoms with Crippen molar-refractivity contribution in [3.8, 4) is 17.2 Å². The SMILES string of the molecule is COc1cc(OC(F)(F)F)ccc1OCC(=O)O. The number of carbonyl (C=O) groups is 1. The average Bonchev–Trinajstić information content (AvgIpc) is 2.24. The third kappa shape index (κ3) is 4.40. The number of carboxylic acid groups (broad SMARTS) is 1. The van der Waals surface area contributed by atoms with Gasteiger partial charge in [-0.05, 0) is 12.1 Å². The molecule has 0 bridgehead atoms. The van der Waals surface area contributed by atoms with Gasteiger partial charge in [0.2, 0.25) is 0 Å². The molecule has 0 atom stereocenters. The van der Waals surface area contributed by atoms with Crippen molar-refractivity contribution in [3.05, 3.63) is 18.2 Å². The number of hydrogen-bond donors (Lipinski definition) is 1. The number of halogens is 3. The van der Waals surface area contributed by atoms with Crippen LogP contribution in [0.2, 0.25) is 0 Å². The average molecular weight is 266 g/mol. The minimum absolute atomic E-state index is 0.00873. The summed E-state index contributed by atoms with van der Waals surface area (Å²) < 4.78 is 49.1. The minimum Gasteiger partial charge on any atom is -0.493 e. The lowest BCUT2D eigenvalue weighted by Gasteiger charge is -2.12. The lowest BCUT2D eigenvalue weighted by atomic mass is 10.3. The highest BCUT2D eigenvalue weighted by atomic mass is 19.4. The van der Waals surface area contributed by atoms with Crippen LogP contribution in [0.4, 0.5) is 13.2 Å². The van der Waals surface area contributed by atoms with Gasteiger partial charge in [0.1, 0.15) is 5.75 Å². The van der Waals surface area contributed by atoms with E-state index in [1.807, 2.05) is 0 Å². The molecular weight excluding hydrogens is 257 g/mol. The molecule has 8 heteroatoms. The number of ether oxygens (including phenoxy) is 3. The van der Waals surface area contributed by atoms with Crippen LogP contribution in [-0.2, 0) is 4.79 Å². The second-order valence-corrected chi connectivity index (χ2v) is 3.04. The van der Waals surface area contributed by atoms with Crippen LogP contribution >= 0.6 is 0 Å². The van der Waals surface area contributed by atoms with E-state index >= 15 is 0 Å². The molecule has 1 aromatic rings. The number of aliphatic carboxylic acids is 1. The van der Waals surface area contributed by atoms with Crippen molar-refractivity contribution in [1.82, 2.24) is 0 Å². The van der Waals surface area contributed by atoms with Gasteiger partial charge >= 0.3 is 12.3 Å². The van der Waals surface area contributed by atoms with Crippen LogP contribution in [0.15, 0.2) is 18.2 Å². The van der Waals surface area contributed by atoms with E-state index in [0.717, 1.165) is 18.2 Å². The van der Waals surface area contributed by atoms with Gasteiger partial charge in [-0.25, -0.2) is 4.79 Å². The van der Waals surface area contributed by atoms with Gasteiger partial charge in [-0.2, -0.15) is 0 Å². The number of rotatable bonds is 5. The first-order valence-corrected chi connectivity index (χ1v) is 4.60. The summed E-state index contributed by atoms with van der Waals surface area (Å²) in [5.74, 6) is -1.75. The first kappa shape index (κ1) is 13.9. The van der Waals surface area contributed by atoms with E-state index in [2.05, 4.69) is 4.74 Å². The molecule has 0 aliphatic heterocycles. The molecular formula is C10H9F3O5. The smallest absolute Gasteiger partial charge is 0.493 e. The van der Waals surface area contributed by atoms with Crippen LogP contribution in [-0.4, -0.2) is 31.2 Å². The van der Waals surface area contributed by atoms with Crippen LogP contribution in [0.1, 0.15) is 0 Å². The molecule has 100 valence electrons. The molecule has 18 heavy (non-hydrogen) atoms. The lowest BCUT2D eigenvalue weighted by molar-refractivity contribution is -0.274. The molecule has 1 N–H and O–H groups in total. The van der Waals surface area contributed by atoms with E-state index in [1.54, 1.807) is 0 Å². The molecule has 0 amide bonds. The van der Waals surface area contributed by atoms with Gasteiger partial charge in [0.15, 0.2) is 18.1 Å². The number of methoxy groups -OCH3 is 1. The summed E-state index contributed by atoms with van der Waals surface area (Å²) in [5.41, 5.74) is 0. The van der Waals surface area contributed by atoms with Crippen molar-refractivity contribution in [3.63, 3.8) is 0 Å². The predicted molar refractivity (Wildman–Crippen MR) is 52.8 cm³/mol. The van der Waals surface area contributed by atoms with Crippen LogP contribution in [0.25, 0.3) is 0 Å². The van der Waals surface area contributed by atoms with Gasteiger partial charge in [-0.15, -0.1) is 13.2 Å². The van der Waals surface area contributed by atoms with Gasteiger partial charge in [0.05, 0.1) is 7.11 Å². The van der Waals surface area contributed by atoms with E-state index in [-0.39, 0.29) is 11.5 Å². The standard InChI is InChI=1S/C10H9F3O5/c1-16-8-4-6(18-10(11,12)13)2-3-7(8)17-5-9(14)15/h2-4H,5H2,1H3,(H,14,15). The Hall–Kier alpha value is -2.12. The third-order valence-electron chi connectivity index (χ3n) is 1.72. The highest BCUT2D eigenvalue weighted by Crippen LogP contribution is 2.33. The van der Waals surface area contributed by atoms with Gasteiger partial charge in [-0.3, -0.25) is 0 Å². The van der Waals surface area contributed by atoms with Crippen LogP contribution in [0.3, 0.4) is 0 Å². The molecule has 0 unspecified atom stereocenters. The van der Waals surface area contributed by atoms with Crippen molar-refractivity contribution in [2.45, 2.75) is 6.36 Å². The van der Waals surface area contributed by atoms with E-state index in [9.17, 15) is 18.0 Å². The summed E-state index contributed by atoms with van der Waals surface area (Å²) in [5, 5.41) is 8.41. The van der Waals surface area contributed by atoms with Crippen LogP contribution in [0, 0.1) is 0 Å². The normalized spacial score (nSPS) is 10.9. The zero-order chi connectivity index (χ0) is 13.8. The summed E-state index contributed by atoms with van der Waals surface area (Å²) in [6.45, 7) is -0.629. The Kier molecular flexibility index (Phi) is 4.24. The maximum Gasteiger partial charge on any atom is 0.573 e. The second kappa shape index (κ2) is 5.48. The Morgan fingerprint density at radius 3 is 2.50 bits per heavy atom. The molecule has 1 aromatic carbocycles. The molecule has 0 aliphatic rings. The summed E-state index contributed by atoms with van der Waals surface area (Å²) >= 11 is 0. The summed E-state index contributed by atoms with van der Waals surface area (Å²) in [4.78, 5) is 10.3. The Morgan fingerprint density at radius 1 is 1.33 bits per heavy atom. The zero-order valence-electron chi connectivity index (χ0n) is 9.15. The fraction of sp³-hybridized carbons (Fsp3) is 0.300. The van der Waals surface area contributed by atoms with Crippen molar-refractivity contribution >= 4 is 5.97 Å². The fourth-order valence-electron chi connectivity index (χ4n) is 1.10. The highest BCUT2D eigenvalue weighted by Gasteiger charge is 2.31. The van der Waals surface area contributed by atoms with Crippen molar-refractivity contribution in [2.24, 2.45) is 0 Å². The van der Waals surface area contributed by atoms with Crippen molar-refractivity contribution in [2.75, 3.05) is 13.7 Å². The Balaban J connectivity index is 2.86. The first-order chi connectivity index (χ1) is 8.31. The van der Waals surface area contributed by atoms with Crippen LogP contribution < -0.4 is 14.2 Å². The molecule has 0 saturated carbocycles. The number of benzene rings is 1. The molecule has 0 radical (unpaired) electrons. The monoisotopic (exact) mass is 266 g/mol. The Bertz CT molecular complexity index is 430. The van der Waals surface area contributed by atoms with Crippen molar-refractivity contribution in [1.29, 1.82) is 0 Å². The third-order valence-corrected chi connectivity index (χ3v) is 1.72. The number of carboxylic acids is 1. The van der Waals surface area contributed by atoms with E-state index in [4.69, 9.17) is 14.6 Å². The molecule has 0 fully saturated rings. The molecule has 0 aromatic heterocycles. The van der Waals surface area contributed by atoms with Gasteiger partial charge in [-0.1, -0.05) is 0 Å². The molecule has 0 heterocycles. The fourth-order valence-corrected chi connectivity index (χ4v) is 1.10. The summed E-state index contributed by atoms with van der Waals surface area (Å²) in [6.07, 6.45) is -4.81. The van der Waals surface area contributed by atoms with Gasteiger partial charge in [0, 0.05) is 6.07 Å². The largest absolute Gasteiger partial charge is 0.573 e. The Labute approximate surface area is 99.7 Å². The van der Waals surface area contributed by atoms with E-state index in [0.29, 0.717) is 0 Å². The van der Waals surface area contributed by atoms with Gasteiger partial charge in [0.25, 0.3) is 0 Å². The minimum atomic E-state index is -4.81. The first-order valence-electron chi connectivity index (χ1n) is 4.60. The summed E-state index contributed by atoms with van der Waals surface area (Å²) in [7, 11) is 1.21. The predicted octanol–water partition coefficient (Wildman–Crippen LogP) is 2.06. The molecule has 5 nitrogen and oxygen atoms in total. The van der Waals surface area contributed by atoms with E-state index in [1.165, 1.54) is 7.11 Å². The van der Waals surface area contributed by atoms with Crippen LogP contribution in [0.5, 0.6) is 17.2 Å². The number of hydrogen-bond acceptors (Lipinski definition) is 4. The maximum absolute atomic E-state index is 12.0.